The van der Waals surface area contributed by atoms with Gasteiger partial charge in [-0.1, -0.05) is 6.92 Å². The summed E-state index contributed by atoms with van der Waals surface area (Å²) in [5.41, 5.74) is 0.766. The Bertz CT molecular complexity index is 690. The van der Waals surface area contributed by atoms with Crippen LogP contribution in [0.3, 0.4) is 0 Å². The van der Waals surface area contributed by atoms with Gasteiger partial charge in [0.05, 0.1) is 10.4 Å². The van der Waals surface area contributed by atoms with Crippen molar-refractivity contribution in [3.63, 3.8) is 0 Å². The molecule has 0 amide bonds. The van der Waals surface area contributed by atoms with Gasteiger partial charge >= 0.3 is 0 Å². The summed E-state index contributed by atoms with van der Waals surface area (Å²) in [7, 11) is -0.822. The lowest BCUT2D eigenvalue weighted by Gasteiger charge is -2.10. The first-order chi connectivity index (χ1) is 9.97. The topological polar surface area (TPSA) is 85.1 Å². The second kappa shape index (κ2) is 6.62. The van der Waals surface area contributed by atoms with Gasteiger partial charge in [0.15, 0.2) is 0 Å². The van der Waals surface area contributed by atoms with Gasteiger partial charge in [0.2, 0.25) is 0 Å². The number of nitrogens with one attached hydrogen (secondary N) is 1. The highest BCUT2D eigenvalue weighted by Crippen LogP contribution is 2.21. The predicted octanol–water partition coefficient (Wildman–Crippen LogP) is 2.71. The fraction of sp³-hybridized carbons (Fsp3) is 0.357. The number of nitrogens with zero attached hydrogens (tertiary/aromatic N) is 2. The average molecular weight is 307 g/mol. The molecular formula is C14H17N3O3S. The second-order valence-electron chi connectivity index (χ2n) is 4.86. The third-order valence-electron chi connectivity index (χ3n) is 3.31. The first-order valence-electron chi connectivity index (χ1n) is 6.58. The molecule has 0 saturated carbocycles. The fourth-order valence-electron chi connectivity index (χ4n) is 1.89. The predicted molar refractivity (Wildman–Crippen MR) is 85.0 cm³/mol. The Hall–Kier alpha value is -2.02. The van der Waals surface area contributed by atoms with E-state index in [0.717, 1.165) is 11.8 Å². The van der Waals surface area contributed by atoms with Crippen LogP contribution in [-0.4, -0.2) is 32.2 Å². The summed E-state index contributed by atoms with van der Waals surface area (Å²) in [6.45, 7) is 2.64. The number of non-ortho nitro benzene ring substituents is 1. The third-order valence-corrected chi connectivity index (χ3v) is 4.68. The Balaban J connectivity index is 2.07. The summed E-state index contributed by atoms with van der Waals surface area (Å²) in [5, 5.41) is 14.8. The van der Waals surface area contributed by atoms with E-state index in [1.54, 1.807) is 24.5 Å². The van der Waals surface area contributed by atoms with E-state index in [-0.39, 0.29) is 10.9 Å². The molecule has 2 rings (SSSR count). The third kappa shape index (κ3) is 3.98. The van der Waals surface area contributed by atoms with Crippen LogP contribution in [0.5, 0.6) is 0 Å². The largest absolute Gasteiger partial charge is 0.370 e. The van der Waals surface area contributed by atoms with E-state index in [1.165, 1.54) is 12.1 Å². The maximum absolute atomic E-state index is 11.3. The van der Waals surface area contributed by atoms with Gasteiger partial charge in [0, 0.05) is 46.4 Å². The number of anilines is 1. The number of hydrogen-bond acceptors (Lipinski definition) is 5. The smallest absolute Gasteiger partial charge is 0.270 e. The van der Waals surface area contributed by atoms with E-state index in [2.05, 4.69) is 10.3 Å². The molecule has 2 atom stereocenters. The maximum atomic E-state index is 11.3. The molecule has 1 N–H and O–H groups in total. The molecule has 0 aliphatic heterocycles. The summed E-state index contributed by atoms with van der Waals surface area (Å²) in [5.74, 6) is 0.713. The molecule has 0 radical (unpaired) electrons. The van der Waals surface area contributed by atoms with Gasteiger partial charge < -0.3 is 5.32 Å². The van der Waals surface area contributed by atoms with Crippen molar-refractivity contribution in [2.75, 3.05) is 18.1 Å². The molecule has 7 heteroatoms. The lowest BCUT2D eigenvalue weighted by molar-refractivity contribution is -0.384. The van der Waals surface area contributed by atoms with Crippen LogP contribution in [0.4, 0.5) is 11.5 Å². The van der Waals surface area contributed by atoms with Crippen molar-refractivity contribution in [1.82, 2.24) is 4.98 Å². The second-order valence-corrected chi connectivity index (χ2v) is 6.66. The van der Waals surface area contributed by atoms with Crippen molar-refractivity contribution in [2.24, 2.45) is 0 Å². The molecule has 1 aromatic carbocycles. The van der Waals surface area contributed by atoms with Crippen molar-refractivity contribution >= 4 is 33.2 Å². The zero-order chi connectivity index (χ0) is 15.4. The van der Waals surface area contributed by atoms with Gasteiger partial charge in [-0.25, -0.2) is 4.98 Å². The van der Waals surface area contributed by atoms with Crippen LogP contribution in [-0.2, 0) is 10.8 Å². The van der Waals surface area contributed by atoms with E-state index in [0.29, 0.717) is 17.9 Å². The number of pyridine rings is 1. The highest BCUT2D eigenvalue weighted by molar-refractivity contribution is 7.84. The highest BCUT2D eigenvalue weighted by atomic mass is 32.2. The van der Waals surface area contributed by atoms with Gasteiger partial charge in [-0.3, -0.25) is 14.3 Å². The van der Waals surface area contributed by atoms with Crippen molar-refractivity contribution in [3.05, 3.63) is 40.4 Å². The molecule has 112 valence electrons. The molecule has 0 bridgehead atoms. The Morgan fingerprint density at radius 1 is 1.38 bits per heavy atom. The number of benzene rings is 1. The van der Waals surface area contributed by atoms with Gasteiger partial charge in [-0.05, 0) is 24.6 Å². The van der Waals surface area contributed by atoms with Crippen LogP contribution in [0.15, 0.2) is 30.3 Å². The quantitative estimate of drug-likeness (QED) is 0.655. The van der Waals surface area contributed by atoms with Crippen LogP contribution in [0.1, 0.15) is 13.3 Å². The molecule has 0 fully saturated rings. The van der Waals surface area contributed by atoms with E-state index in [9.17, 15) is 14.3 Å². The zero-order valence-corrected chi connectivity index (χ0v) is 12.7. The summed E-state index contributed by atoms with van der Waals surface area (Å²) in [6, 6.07) is 8.19. The van der Waals surface area contributed by atoms with Crippen molar-refractivity contribution < 1.29 is 9.13 Å². The number of rotatable bonds is 6. The summed E-state index contributed by atoms with van der Waals surface area (Å²) in [6.07, 6.45) is 2.49. The molecule has 0 spiro atoms. The highest BCUT2D eigenvalue weighted by Gasteiger charge is 2.08. The minimum atomic E-state index is -0.822. The maximum Gasteiger partial charge on any atom is 0.270 e. The standard InChI is InChI=1S/C14H17N3O3S/c1-10(21(2)20)7-8-15-14-6-3-11-9-12(17(18)19)4-5-13(11)16-14/h3-6,9-10H,7-8H2,1-2H3,(H,15,16). The monoisotopic (exact) mass is 307 g/mol. The Morgan fingerprint density at radius 3 is 2.81 bits per heavy atom. The van der Waals surface area contributed by atoms with E-state index in [4.69, 9.17) is 0 Å². The summed E-state index contributed by atoms with van der Waals surface area (Å²) >= 11 is 0. The Labute approximate surface area is 125 Å². The van der Waals surface area contributed by atoms with Crippen molar-refractivity contribution in [1.29, 1.82) is 0 Å². The molecule has 2 aromatic rings. The minimum absolute atomic E-state index is 0.0595. The first-order valence-corrected chi connectivity index (χ1v) is 8.21. The van der Waals surface area contributed by atoms with E-state index < -0.39 is 15.7 Å². The van der Waals surface area contributed by atoms with Crippen molar-refractivity contribution in [2.45, 2.75) is 18.6 Å². The van der Waals surface area contributed by atoms with Gasteiger partial charge in [0.1, 0.15) is 5.82 Å². The van der Waals surface area contributed by atoms with E-state index in [1.807, 2.05) is 6.92 Å². The number of fused-ring (bicyclic) bond motifs is 1. The SMILES string of the molecule is CC(CCNc1ccc2cc([N+](=O)[O-])ccc2n1)S(C)=O. The van der Waals surface area contributed by atoms with Crippen LogP contribution in [0.2, 0.25) is 0 Å². The molecule has 0 saturated heterocycles. The number of aromatic nitrogens is 1. The average Bonchev–Trinajstić information content (AvgIpc) is 2.46. The molecular weight excluding hydrogens is 290 g/mol. The number of hydrogen-bond donors (Lipinski definition) is 1. The van der Waals surface area contributed by atoms with Crippen molar-refractivity contribution in [3.8, 4) is 0 Å². The van der Waals surface area contributed by atoms with E-state index >= 15 is 0 Å². The van der Waals surface area contributed by atoms with Crippen LogP contribution < -0.4 is 5.32 Å². The summed E-state index contributed by atoms with van der Waals surface area (Å²) in [4.78, 5) is 14.7. The zero-order valence-electron chi connectivity index (χ0n) is 11.9. The molecule has 6 nitrogen and oxygen atoms in total. The molecule has 0 aliphatic rings. The fourth-order valence-corrected chi connectivity index (χ4v) is 2.34. The van der Waals surface area contributed by atoms with Gasteiger partial charge in [0.25, 0.3) is 5.69 Å². The lowest BCUT2D eigenvalue weighted by atomic mass is 10.2. The summed E-state index contributed by atoms with van der Waals surface area (Å²) < 4.78 is 11.3. The molecule has 2 unspecified atom stereocenters. The molecule has 21 heavy (non-hydrogen) atoms. The normalized spacial score (nSPS) is 13.8. The van der Waals surface area contributed by atoms with Gasteiger partial charge in [-0.2, -0.15) is 0 Å². The Kier molecular flexibility index (Phi) is 4.85. The van der Waals surface area contributed by atoms with Crippen LogP contribution >= 0.6 is 0 Å². The van der Waals surface area contributed by atoms with Crippen LogP contribution in [0, 0.1) is 10.1 Å². The van der Waals surface area contributed by atoms with Crippen LogP contribution in [0.25, 0.3) is 10.9 Å². The molecule has 1 aromatic heterocycles. The number of nitro groups is 1. The van der Waals surface area contributed by atoms with Gasteiger partial charge in [-0.15, -0.1) is 0 Å². The molecule has 0 aliphatic carbocycles. The number of nitro benzene ring substituents is 1. The minimum Gasteiger partial charge on any atom is -0.370 e. The molecule has 1 heterocycles. The Morgan fingerprint density at radius 2 is 2.14 bits per heavy atom. The lowest BCUT2D eigenvalue weighted by Crippen LogP contribution is -2.15. The first kappa shape index (κ1) is 15.4.